The summed E-state index contributed by atoms with van der Waals surface area (Å²) in [5, 5.41) is 7.84. The summed E-state index contributed by atoms with van der Waals surface area (Å²) in [6.45, 7) is 6.65. The third-order valence-corrected chi connectivity index (χ3v) is 4.15. The van der Waals surface area contributed by atoms with E-state index in [1.165, 1.54) is 4.88 Å². The topological polar surface area (TPSA) is 45.6 Å². The first-order valence-corrected chi connectivity index (χ1v) is 8.22. The average Bonchev–Trinajstić information content (AvgIpc) is 2.94. The number of rotatable bonds is 5. The molecule has 2 N–H and O–H groups in total. The van der Waals surface area contributed by atoms with Gasteiger partial charge in [0.25, 0.3) is 0 Å². The van der Waals surface area contributed by atoms with E-state index in [0.29, 0.717) is 11.7 Å². The molecule has 0 radical (unpaired) electrons. The molecule has 0 amide bonds. The fraction of sp³-hybridized carbons (Fsp3) is 0.250. The van der Waals surface area contributed by atoms with Gasteiger partial charge in [0.05, 0.1) is 17.2 Å². The fourth-order valence-corrected chi connectivity index (χ4v) is 2.75. The van der Waals surface area contributed by atoms with Gasteiger partial charge in [0, 0.05) is 10.6 Å². The Morgan fingerprint density at radius 2 is 1.95 bits per heavy atom. The molecule has 1 aromatic carbocycles. The first kappa shape index (κ1) is 16.5. The molecule has 2 rings (SSSR count). The van der Waals surface area contributed by atoms with E-state index in [-0.39, 0.29) is 0 Å². The molecule has 116 valence electrons. The van der Waals surface area contributed by atoms with Crippen molar-refractivity contribution in [3.63, 3.8) is 0 Å². The van der Waals surface area contributed by atoms with Gasteiger partial charge in [-0.2, -0.15) is 5.10 Å². The molecule has 6 heteroatoms. The maximum absolute atomic E-state index is 5.40. The largest absolute Gasteiger partial charge is 0.494 e. The van der Waals surface area contributed by atoms with E-state index in [4.69, 9.17) is 17.0 Å². The highest BCUT2D eigenvalue weighted by atomic mass is 32.1. The number of ether oxygens (including phenoxy) is 1. The number of hydrogen-bond acceptors (Lipinski definition) is 4. The van der Waals surface area contributed by atoms with Gasteiger partial charge in [-0.3, -0.25) is 5.43 Å². The van der Waals surface area contributed by atoms with E-state index >= 15 is 0 Å². The first-order valence-electron chi connectivity index (χ1n) is 6.99. The van der Waals surface area contributed by atoms with Gasteiger partial charge >= 0.3 is 0 Å². The number of nitrogens with zero attached hydrogens (tertiary/aromatic N) is 1. The number of aryl methyl sites for hydroxylation is 1. The summed E-state index contributed by atoms with van der Waals surface area (Å²) in [5.41, 5.74) is 4.66. The van der Waals surface area contributed by atoms with Gasteiger partial charge in [-0.05, 0) is 69.4 Å². The Hall–Kier alpha value is -1.92. The SMILES string of the molecule is CCOc1ccc(NC(=S)N/N=C(/C)c2ccc(C)s2)cc1. The zero-order valence-electron chi connectivity index (χ0n) is 12.8. The van der Waals surface area contributed by atoms with Crippen LogP contribution in [-0.4, -0.2) is 17.4 Å². The lowest BCUT2D eigenvalue weighted by Gasteiger charge is -2.09. The molecule has 0 spiro atoms. The lowest BCUT2D eigenvalue weighted by molar-refractivity contribution is 0.340. The van der Waals surface area contributed by atoms with E-state index in [1.54, 1.807) is 11.3 Å². The van der Waals surface area contributed by atoms with Crippen molar-refractivity contribution in [1.82, 2.24) is 5.43 Å². The van der Waals surface area contributed by atoms with Crippen molar-refractivity contribution >= 4 is 40.1 Å². The van der Waals surface area contributed by atoms with Crippen molar-refractivity contribution in [2.24, 2.45) is 5.10 Å². The summed E-state index contributed by atoms with van der Waals surface area (Å²) in [7, 11) is 0. The standard InChI is InChI=1S/C16H19N3OS2/c1-4-20-14-8-6-13(7-9-14)17-16(21)19-18-12(3)15-10-5-11(2)22-15/h5-10H,4H2,1-3H3,(H2,17,19,21)/b18-12-. The normalized spacial score (nSPS) is 11.1. The quantitative estimate of drug-likeness (QED) is 0.490. The zero-order valence-corrected chi connectivity index (χ0v) is 14.5. The smallest absolute Gasteiger partial charge is 0.191 e. The van der Waals surface area contributed by atoms with Crippen LogP contribution in [0, 0.1) is 6.92 Å². The second-order valence-corrected chi connectivity index (χ2v) is 6.33. The van der Waals surface area contributed by atoms with Gasteiger partial charge in [-0.15, -0.1) is 11.3 Å². The van der Waals surface area contributed by atoms with Crippen LogP contribution in [0.25, 0.3) is 0 Å². The molecule has 0 aliphatic rings. The summed E-state index contributed by atoms with van der Waals surface area (Å²) in [6.07, 6.45) is 0. The Balaban J connectivity index is 1.89. The Kier molecular flexibility index (Phi) is 5.91. The minimum atomic E-state index is 0.455. The summed E-state index contributed by atoms with van der Waals surface area (Å²) in [5.74, 6) is 0.842. The number of hydrazone groups is 1. The second-order valence-electron chi connectivity index (χ2n) is 4.63. The van der Waals surface area contributed by atoms with Crippen LogP contribution >= 0.6 is 23.6 Å². The number of benzene rings is 1. The molecule has 0 aliphatic heterocycles. The van der Waals surface area contributed by atoms with Gasteiger partial charge in [-0.1, -0.05) is 0 Å². The maximum atomic E-state index is 5.40. The number of nitrogens with one attached hydrogen (secondary N) is 2. The highest BCUT2D eigenvalue weighted by molar-refractivity contribution is 7.80. The Labute approximate surface area is 140 Å². The van der Waals surface area contributed by atoms with Crippen molar-refractivity contribution in [3.05, 3.63) is 46.2 Å². The number of hydrogen-bond donors (Lipinski definition) is 2. The molecule has 0 fully saturated rings. The number of anilines is 1. The lowest BCUT2D eigenvalue weighted by atomic mass is 10.3. The first-order chi connectivity index (χ1) is 10.6. The molecule has 2 aromatic rings. The minimum absolute atomic E-state index is 0.455. The third-order valence-electron chi connectivity index (χ3n) is 2.85. The molecular weight excluding hydrogens is 314 g/mol. The predicted octanol–water partition coefficient (Wildman–Crippen LogP) is 4.17. The maximum Gasteiger partial charge on any atom is 0.191 e. The molecule has 0 saturated heterocycles. The Morgan fingerprint density at radius 1 is 1.23 bits per heavy atom. The third kappa shape index (κ3) is 4.82. The van der Waals surface area contributed by atoms with Crippen LogP contribution in [0.5, 0.6) is 5.75 Å². The van der Waals surface area contributed by atoms with Gasteiger partial charge in [0.2, 0.25) is 0 Å². The van der Waals surface area contributed by atoms with Gasteiger partial charge in [-0.25, -0.2) is 0 Å². The highest BCUT2D eigenvalue weighted by Crippen LogP contribution is 2.16. The van der Waals surface area contributed by atoms with E-state index in [1.807, 2.05) is 38.1 Å². The molecule has 1 heterocycles. The van der Waals surface area contributed by atoms with Crippen molar-refractivity contribution < 1.29 is 4.74 Å². The van der Waals surface area contributed by atoms with Crippen LogP contribution in [0.4, 0.5) is 5.69 Å². The van der Waals surface area contributed by atoms with Gasteiger partial charge in [0.1, 0.15) is 5.75 Å². The Bertz CT molecular complexity index is 662. The molecule has 0 saturated carbocycles. The molecule has 0 unspecified atom stereocenters. The van der Waals surface area contributed by atoms with Crippen LogP contribution in [0.1, 0.15) is 23.6 Å². The molecular formula is C16H19N3OS2. The minimum Gasteiger partial charge on any atom is -0.494 e. The van der Waals surface area contributed by atoms with Crippen LogP contribution in [0.15, 0.2) is 41.5 Å². The van der Waals surface area contributed by atoms with Gasteiger partial charge in [0.15, 0.2) is 5.11 Å². The molecule has 0 bridgehead atoms. The molecule has 22 heavy (non-hydrogen) atoms. The fourth-order valence-electron chi connectivity index (χ4n) is 1.78. The van der Waals surface area contributed by atoms with E-state index in [9.17, 15) is 0 Å². The van der Waals surface area contributed by atoms with Crippen molar-refractivity contribution in [1.29, 1.82) is 0 Å². The summed E-state index contributed by atoms with van der Waals surface area (Å²) >= 11 is 6.95. The van der Waals surface area contributed by atoms with E-state index in [0.717, 1.165) is 22.0 Å². The van der Waals surface area contributed by atoms with Gasteiger partial charge < -0.3 is 10.1 Å². The molecule has 4 nitrogen and oxygen atoms in total. The summed E-state index contributed by atoms with van der Waals surface area (Å²) in [6, 6.07) is 11.8. The monoisotopic (exact) mass is 333 g/mol. The summed E-state index contributed by atoms with van der Waals surface area (Å²) in [4.78, 5) is 2.40. The summed E-state index contributed by atoms with van der Waals surface area (Å²) < 4.78 is 5.40. The second kappa shape index (κ2) is 7.91. The Morgan fingerprint density at radius 3 is 2.55 bits per heavy atom. The lowest BCUT2D eigenvalue weighted by Crippen LogP contribution is -2.24. The van der Waals surface area contributed by atoms with Crippen molar-refractivity contribution in [2.45, 2.75) is 20.8 Å². The van der Waals surface area contributed by atoms with Crippen LogP contribution < -0.4 is 15.5 Å². The molecule has 0 aliphatic carbocycles. The van der Waals surface area contributed by atoms with Crippen molar-refractivity contribution in [2.75, 3.05) is 11.9 Å². The molecule has 0 atom stereocenters. The van der Waals surface area contributed by atoms with Crippen LogP contribution in [0.3, 0.4) is 0 Å². The van der Waals surface area contributed by atoms with Crippen LogP contribution in [0.2, 0.25) is 0 Å². The molecule has 1 aromatic heterocycles. The van der Waals surface area contributed by atoms with E-state index in [2.05, 4.69) is 34.9 Å². The van der Waals surface area contributed by atoms with Crippen molar-refractivity contribution in [3.8, 4) is 5.75 Å². The average molecular weight is 333 g/mol. The zero-order chi connectivity index (χ0) is 15.9. The van der Waals surface area contributed by atoms with Crippen LogP contribution in [-0.2, 0) is 0 Å². The number of thiocarbonyl (C=S) groups is 1. The predicted molar refractivity (Wildman–Crippen MR) is 98.2 cm³/mol. The van der Waals surface area contributed by atoms with E-state index < -0.39 is 0 Å². The number of thiophene rings is 1. The highest BCUT2D eigenvalue weighted by Gasteiger charge is 2.02.